The van der Waals surface area contributed by atoms with Gasteiger partial charge < -0.3 is 15.5 Å². The van der Waals surface area contributed by atoms with E-state index in [0.29, 0.717) is 23.3 Å². The van der Waals surface area contributed by atoms with Gasteiger partial charge in [0, 0.05) is 11.9 Å². The van der Waals surface area contributed by atoms with E-state index < -0.39 is 12.1 Å². The molecule has 1 atom stereocenters. The van der Waals surface area contributed by atoms with E-state index in [1.807, 2.05) is 0 Å². The van der Waals surface area contributed by atoms with Crippen molar-refractivity contribution in [2.45, 2.75) is 13.0 Å². The van der Waals surface area contributed by atoms with Crippen LogP contribution in [-0.4, -0.2) is 33.8 Å². The number of anilines is 1. The minimum absolute atomic E-state index is 0.238. The van der Waals surface area contributed by atoms with Crippen LogP contribution in [0.3, 0.4) is 0 Å². The summed E-state index contributed by atoms with van der Waals surface area (Å²) >= 11 is 0. The molecule has 0 saturated heterocycles. The molecule has 0 aliphatic carbocycles. The molecular weight excluding hydrogens is 232 g/mol. The van der Waals surface area contributed by atoms with Crippen LogP contribution in [0, 0.1) is 0 Å². The van der Waals surface area contributed by atoms with Crippen LogP contribution in [-0.2, 0) is 0 Å². The van der Waals surface area contributed by atoms with Gasteiger partial charge in [-0.25, -0.2) is 9.78 Å². The topological polar surface area (TPSA) is 82.5 Å². The lowest BCUT2D eigenvalue weighted by atomic mass is 10.1. The van der Waals surface area contributed by atoms with Crippen molar-refractivity contribution in [3.63, 3.8) is 0 Å². The third kappa shape index (κ3) is 2.57. The van der Waals surface area contributed by atoms with Gasteiger partial charge in [0.25, 0.3) is 0 Å². The molecule has 0 amide bonds. The van der Waals surface area contributed by atoms with E-state index >= 15 is 0 Å². The molecule has 2 aromatic rings. The van der Waals surface area contributed by atoms with Crippen LogP contribution >= 0.6 is 0 Å². The number of pyridine rings is 1. The van der Waals surface area contributed by atoms with E-state index in [1.54, 1.807) is 37.3 Å². The Hall–Kier alpha value is -2.14. The van der Waals surface area contributed by atoms with Gasteiger partial charge in [-0.15, -0.1) is 0 Å². The van der Waals surface area contributed by atoms with Gasteiger partial charge in [-0.3, -0.25) is 0 Å². The Morgan fingerprint density at radius 3 is 2.83 bits per heavy atom. The van der Waals surface area contributed by atoms with Gasteiger partial charge in [0.05, 0.1) is 17.2 Å². The van der Waals surface area contributed by atoms with Gasteiger partial charge in [0.15, 0.2) is 0 Å². The van der Waals surface area contributed by atoms with Crippen molar-refractivity contribution in [2.75, 3.05) is 11.9 Å². The van der Waals surface area contributed by atoms with E-state index in [9.17, 15) is 9.90 Å². The first-order valence-corrected chi connectivity index (χ1v) is 5.63. The fraction of sp³-hybridized carbons (Fsp3) is 0.231. The van der Waals surface area contributed by atoms with Crippen molar-refractivity contribution in [1.82, 2.24) is 4.98 Å². The van der Waals surface area contributed by atoms with Gasteiger partial charge in [0.2, 0.25) is 0 Å². The quantitative estimate of drug-likeness (QED) is 0.765. The second-order valence-corrected chi connectivity index (χ2v) is 4.10. The Bertz CT molecular complexity index is 581. The lowest BCUT2D eigenvalue weighted by molar-refractivity contribution is 0.0699. The first-order chi connectivity index (χ1) is 8.58. The predicted molar refractivity (Wildman–Crippen MR) is 68.9 cm³/mol. The Labute approximate surface area is 104 Å². The molecule has 3 N–H and O–H groups in total. The summed E-state index contributed by atoms with van der Waals surface area (Å²) in [7, 11) is 0. The van der Waals surface area contributed by atoms with Crippen molar-refractivity contribution in [2.24, 2.45) is 0 Å². The van der Waals surface area contributed by atoms with Crippen molar-refractivity contribution in [3.8, 4) is 0 Å². The van der Waals surface area contributed by atoms with Crippen LogP contribution in [0.5, 0.6) is 0 Å². The zero-order chi connectivity index (χ0) is 13.1. The normalized spacial score (nSPS) is 12.3. The average molecular weight is 246 g/mol. The predicted octanol–water partition coefficient (Wildman–Crippen LogP) is 1.73. The molecule has 2 rings (SSSR count). The van der Waals surface area contributed by atoms with E-state index in [-0.39, 0.29) is 5.56 Å². The van der Waals surface area contributed by atoms with Gasteiger partial charge in [-0.2, -0.15) is 0 Å². The number of hydrogen-bond donors (Lipinski definition) is 3. The molecule has 0 radical (unpaired) electrons. The maximum absolute atomic E-state index is 11.0. The molecule has 5 nitrogen and oxygen atoms in total. The summed E-state index contributed by atoms with van der Waals surface area (Å²) in [5.41, 5.74) is 0.854. The maximum atomic E-state index is 11.0. The van der Waals surface area contributed by atoms with Crippen LogP contribution in [0.2, 0.25) is 0 Å². The second kappa shape index (κ2) is 5.01. The van der Waals surface area contributed by atoms with Gasteiger partial charge in [-0.1, -0.05) is 6.07 Å². The van der Waals surface area contributed by atoms with Crippen molar-refractivity contribution in [1.29, 1.82) is 0 Å². The molecule has 18 heavy (non-hydrogen) atoms. The van der Waals surface area contributed by atoms with Crippen LogP contribution < -0.4 is 5.32 Å². The van der Waals surface area contributed by atoms with Crippen LogP contribution in [0.1, 0.15) is 17.3 Å². The number of nitrogens with one attached hydrogen (secondary N) is 1. The minimum Gasteiger partial charge on any atom is -0.478 e. The average Bonchev–Trinajstić information content (AvgIpc) is 2.35. The molecule has 1 unspecified atom stereocenters. The standard InChI is InChI=1S/C13H14N2O3/c1-8(16)7-14-12-6-5-9-10(13(17)18)3-2-4-11(9)15-12/h2-6,8,16H,7H2,1H3,(H,14,15)(H,17,18). The zero-order valence-corrected chi connectivity index (χ0v) is 9.92. The summed E-state index contributed by atoms with van der Waals surface area (Å²) in [6.07, 6.45) is -0.465. The lowest BCUT2D eigenvalue weighted by Gasteiger charge is -2.09. The number of hydrogen-bond acceptors (Lipinski definition) is 4. The second-order valence-electron chi connectivity index (χ2n) is 4.10. The largest absolute Gasteiger partial charge is 0.478 e. The fourth-order valence-corrected chi connectivity index (χ4v) is 1.69. The number of rotatable bonds is 4. The van der Waals surface area contributed by atoms with Gasteiger partial charge in [-0.05, 0) is 31.2 Å². The Kier molecular flexibility index (Phi) is 3.43. The number of aliphatic hydroxyl groups is 1. The van der Waals surface area contributed by atoms with E-state index in [2.05, 4.69) is 10.3 Å². The molecule has 5 heteroatoms. The van der Waals surface area contributed by atoms with Gasteiger partial charge >= 0.3 is 5.97 Å². The summed E-state index contributed by atoms with van der Waals surface area (Å²) in [6.45, 7) is 2.08. The number of nitrogens with zero attached hydrogens (tertiary/aromatic N) is 1. The van der Waals surface area contributed by atoms with Crippen LogP contribution in [0.15, 0.2) is 30.3 Å². The van der Waals surface area contributed by atoms with Crippen LogP contribution in [0.25, 0.3) is 10.9 Å². The number of carboxylic acid groups (broad SMARTS) is 1. The first-order valence-electron chi connectivity index (χ1n) is 5.63. The highest BCUT2D eigenvalue weighted by atomic mass is 16.4. The highest BCUT2D eigenvalue weighted by Crippen LogP contribution is 2.19. The van der Waals surface area contributed by atoms with Gasteiger partial charge in [0.1, 0.15) is 5.82 Å². The van der Waals surface area contributed by atoms with Crippen molar-refractivity contribution < 1.29 is 15.0 Å². The fourth-order valence-electron chi connectivity index (χ4n) is 1.69. The molecule has 0 aliphatic rings. The molecule has 94 valence electrons. The molecule has 0 bridgehead atoms. The van der Waals surface area contributed by atoms with E-state index in [0.717, 1.165) is 0 Å². The van der Waals surface area contributed by atoms with Crippen LogP contribution in [0.4, 0.5) is 5.82 Å². The molecule has 1 aromatic carbocycles. The number of aromatic nitrogens is 1. The molecule has 0 spiro atoms. The smallest absolute Gasteiger partial charge is 0.336 e. The van der Waals surface area contributed by atoms with Crippen molar-refractivity contribution in [3.05, 3.63) is 35.9 Å². The summed E-state index contributed by atoms with van der Waals surface area (Å²) in [6, 6.07) is 8.40. The minimum atomic E-state index is -0.966. The highest BCUT2D eigenvalue weighted by Gasteiger charge is 2.09. The summed E-state index contributed by atoms with van der Waals surface area (Å²) in [4.78, 5) is 15.3. The zero-order valence-electron chi connectivity index (χ0n) is 9.92. The molecular formula is C13H14N2O3. The Morgan fingerprint density at radius 2 is 2.17 bits per heavy atom. The number of benzene rings is 1. The van der Waals surface area contributed by atoms with Crippen molar-refractivity contribution >= 4 is 22.7 Å². The van der Waals surface area contributed by atoms with E-state index in [1.165, 1.54) is 0 Å². The molecule has 0 aliphatic heterocycles. The third-order valence-electron chi connectivity index (χ3n) is 2.54. The Balaban J connectivity index is 2.38. The summed E-state index contributed by atoms with van der Waals surface area (Å²) in [5.74, 6) is -0.349. The summed E-state index contributed by atoms with van der Waals surface area (Å²) < 4.78 is 0. The molecule has 1 aromatic heterocycles. The first kappa shape index (κ1) is 12.3. The number of carboxylic acids is 1. The summed E-state index contributed by atoms with van der Waals surface area (Å²) in [5, 5.41) is 21.8. The number of aromatic carboxylic acids is 1. The monoisotopic (exact) mass is 246 g/mol. The lowest BCUT2D eigenvalue weighted by Crippen LogP contribution is -2.16. The number of fused-ring (bicyclic) bond motifs is 1. The number of carbonyl (C=O) groups is 1. The third-order valence-corrected chi connectivity index (χ3v) is 2.54. The van der Waals surface area contributed by atoms with E-state index in [4.69, 9.17) is 5.11 Å². The number of aliphatic hydroxyl groups excluding tert-OH is 1. The maximum Gasteiger partial charge on any atom is 0.336 e. The molecule has 1 heterocycles. The Morgan fingerprint density at radius 1 is 1.39 bits per heavy atom. The highest BCUT2D eigenvalue weighted by molar-refractivity contribution is 6.02. The SMILES string of the molecule is CC(O)CNc1ccc2c(C(=O)O)cccc2n1. The molecule has 0 fully saturated rings. The molecule has 0 saturated carbocycles.